The number of nitrogens with zero attached hydrogens (tertiary/aromatic N) is 2. The number of hydrogen-bond acceptors (Lipinski definition) is 8. The highest BCUT2D eigenvalue weighted by atomic mass is 32.2. The number of nitrogens with one attached hydrogen (secondary N) is 2. The van der Waals surface area contributed by atoms with E-state index >= 15 is 0 Å². The Balaban J connectivity index is 1.49. The van der Waals surface area contributed by atoms with Gasteiger partial charge in [0.25, 0.3) is 0 Å². The average Bonchev–Trinajstić information content (AvgIpc) is 3.53. The molecule has 0 radical (unpaired) electrons. The van der Waals surface area contributed by atoms with Crippen LogP contribution >= 0.6 is 11.3 Å². The second-order valence-corrected chi connectivity index (χ2v) is 13.4. The minimum Gasteiger partial charge on any atom is -0.467 e. The Morgan fingerprint density at radius 3 is 2.79 bits per heavy atom. The SMILES string of the molecule is COC(=O)[C@H]1CCCN1C(=O)[C@H](Cc1nc2ccccc2s1)NS(=O)(=O)c1cccc2c1NCC(C)(C)C2. The van der Waals surface area contributed by atoms with E-state index in [-0.39, 0.29) is 16.7 Å². The molecular formula is C27H32N4O5S2. The van der Waals surface area contributed by atoms with Crippen LogP contribution in [0.2, 0.25) is 0 Å². The number of carbonyl (C=O) groups excluding carboxylic acids is 2. The molecule has 2 aromatic carbocycles. The molecule has 2 aliphatic heterocycles. The van der Waals surface area contributed by atoms with E-state index in [0.717, 1.165) is 22.2 Å². The third-order valence-electron chi connectivity index (χ3n) is 7.14. The van der Waals surface area contributed by atoms with Gasteiger partial charge in [0.05, 0.1) is 28.0 Å². The van der Waals surface area contributed by atoms with Crippen molar-refractivity contribution < 1.29 is 22.7 Å². The molecule has 5 rings (SSSR count). The fraction of sp³-hybridized carbons (Fsp3) is 0.444. The zero-order chi connectivity index (χ0) is 27.1. The van der Waals surface area contributed by atoms with Crippen molar-refractivity contribution in [2.24, 2.45) is 5.41 Å². The van der Waals surface area contributed by atoms with Crippen LogP contribution < -0.4 is 10.0 Å². The lowest BCUT2D eigenvalue weighted by Gasteiger charge is -2.33. The Morgan fingerprint density at radius 2 is 2.03 bits per heavy atom. The number of anilines is 1. The predicted molar refractivity (Wildman–Crippen MR) is 147 cm³/mol. The number of likely N-dealkylation sites (tertiary alicyclic amines) is 1. The largest absolute Gasteiger partial charge is 0.467 e. The Labute approximate surface area is 226 Å². The van der Waals surface area contributed by atoms with Gasteiger partial charge >= 0.3 is 5.97 Å². The standard InChI is InChI=1S/C27H32N4O5S2/c1-27(2)15-17-8-6-12-22(24(17)28-16-27)38(34,35)30-19(14-23-29-18-9-4-5-11-21(18)37-23)25(32)31-13-7-10-20(31)26(33)36-3/h4-6,8-9,11-12,19-20,28,30H,7,10,13-16H2,1-3H3/t19-,20+/m0/s1. The van der Waals surface area contributed by atoms with Gasteiger partial charge < -0.3 is 15.0 Å². The molecule has 3 aromatic rings. The lowest BCUT2D eigenvalue weighted by atomic mass is 9.82. The van der Waals surface area contributed by atoms with E-state index in [4.69, 9.17) is 4.74 Å². The number of aromatic nitrogens is 1. The monoisotopic (exact) mass is 556 g/mol. The first-order chi connectivity index (χ1) is 18.1. The van der Waals surface area contributed by atoms with Crippen molar-refractivity contribution in [1.82, 2.24) is 14.6 Å². The molecule has 1 fully saturated rings. The number of amides is 1. The number of benzene rings is 2. The van der Waals surface area contributed by atoms with Crippen LogP contribution in [0.15, 0.2) is 47.4 Å². The van der Waals surface area contributed by atoms with Crippen molar-refractivity contribution in [3.8, 4) is 0 Å². The first-order valence-electron chi connectivity index (χ1n) is 12.7. The molecule has 1 aromatic heterocycles. The summed E-state index contributed by atoms with van der Waals surface area (Å²) in [5.74, 6) is -0.957. The zero-order valence-electron chi connectivity index (χ0n) is 21.7. The number of thiazole rings is 1. The normalized spacial score (nSPS) is 19.6. The van der Waals surface area contributed by atoms with Crippen molar-refractivity contribution in [3.63, 3.8) is 0 Å². The van der Waals surface area contributed by atoms with Crippen LogP contribution in [0.5, 0.6) is 0 Å². The number of esters is 1. The van der Waals surface area contributed by atoms with E-state index in [0.29, 0.717) is 36.6 Å². The Bertz CT molecular complexity index is 1450. The predicted octanol–water partition coefficient (Wildman–Crippen LogP) is 3.34. The fourth-order valence-corrected chi connectivity index (χ4v) is 7.71. The van der Waals surface area contributed by atoms with Crippen molar-refractivity contribution in [2.75, 3.05) is 25.5 Å². The number of hydrogen-bond donors (Lipinski definition) is 2. The van der Waals surface area contributed by atoms with E-state index in [1.807, 2.05) is 30.3 Å². The lowest BCUT2D eigenvalue weighted by molar-refractivity contribution is -0.151. The van der Waals surface area contributed by atoms with Crippen molar-refractivity contribution in [3.05, 3.63) is 53.0 Å². The number of methoxy groups -OCH3 is 1. The topological polar surface area (TPSA) is 118 Å². The van der Waals surface area contributed by atoms with E-state index in [1.54, 1.807) is 12.1 Å². The molecule has 3 heterocycles. The summed E-state index contributed by atoms with van der Waals surface area (Å²) in [6, 6.07) is 11.0. The van der Waals surface area contributed by atoms with Crippen LogP contribution in [-0.2, 0) is 37.2 Å². The highest BCUT2D eigenvalue weighted by molar-refractivity contribution is 7.89. The number of para-hydroxylation sites is 2. The van der Waals surface area contributed by atoms with Crippen molar-refractivity contribution in [1.29, 1.82) is 0 Å². The molecule has 11 heteroatoms. The quantitative estimate of drug-likeness (QED) is 0.429. The van der Waals surface area contributed by atoms with E-state index in [2.05, 4.69) is 28.9 Å². The molecular weight excluding hydrogens is 524 g/mol. The number of carbonyl (C=O) groups is 2. The minimum absolute atomic E-state index is 0.00713. The second-order valence-electron chi connectivity index (χ2n) is 10.7. The third-order valence-corrected chi connectivity index (χ3v) is 9.71. The molecule has 2 atom stereocenters. The Morgan fingerprint density at radius 1 is 1.24 bits per heavy atom. The summed E-state index contributed by atoms with van der Waals surface area (Å²) in [4.78, 5) is 32.4. The summed E-state index contributed by atoms with van der Waals surface area (Å²) < 4.78 is 36.1. The molecule has 0 unspecified atom stereocenters. The number of ether oxygens (including phenoxy) is 1. The van der Waals surface area contributed by atoms with Gasteiger partial charge in [-0.25, -0.2) is 18.2 Å². The van der Waals surface area contributed by atoms with Crippen LogP contribution in [0, 0.1) is 5.41 Å². The molecule has 0 bridgehead atoms. The molecule has 2 N–H and O–H groups in total. The molecule has 0 spiro atoms. The summed E-state index contributed by atoms with van der Waals surface area (Å²) in [5.41, 5.74) is 2.27. The Kier molecular flexibility index (Phi) is 7.19. The van der Waals surface area contributed by atoms with Gasteiger partial charge in [-0.15, -0.1) is 11.3 Å². The van der Waals surface area contributed by atoms with Gasteiger partial charge in [0.15, 0.2) is 0 Å². The van der Waals surface area contributed by atoms with Gasteiger partial charge in [-0.05, 0) is 48.4 Å². The van der Waals surface area contributed by atoms with Gasteiger partial charge in [0.2, 0.25) is 15.9 Å². The Hall–Kier alpha value is -3.02. The fourth-order valence-electron chi connectivity index (χ4n) is 5.28. The van der Waals surface area contributed by atoms with Crippen LogP contribution in [0.3, 0.4) is 0 Å². The molecule has 0 aliphatic carbocycles. The molecule has 38 heavy (non-hydrogen) atoms. The van der Waals surface area contributed by atoms with Crippen LogP contribution in [0.1, 0.15) is 37.3 Å². The molecule has 0 saturated carbocycles. The van der Waals surface area contributed by atoms with Gasteiger partial charge in [-0.3, -0.25) is 4.79 Å². The van der Waals surface area contributed by atoms with Crippen LogP contribution in [0.4, 0.5) is 5.69 Å². The van der Waals surface area contributed by atoms with Gasteiger partial charge in [-0.2, -0.15) is 4.72 Å². The first kappa shape index (κ1) is 26.6. The summed E-state index contributed by atoms with van der Waals surface area (Å²) >= 11 is 1.42. The van der Waals surface area contributed by atoms with Gasteiger partial charge in [-0.1, -0.05) is 38.1 Å². The van der Waals surface area contributed by atoms with E-state index in [1.165, 1.54) is 23.3 Å². The summed E-state index contributed by atoms with van der Waals surface area (Å²) in [5, 5.41) is 3.93. The number of fused-ring (bicyclic) bond motifs is 2. The molecule has 2 aliphatic rings. The zero-order valence-corrected chi connectivity index (χ0v) is 23.3. The van der Waals surface area contributed by atoms with Crippen molar-refractivity contribution in [2.45, 2.75) is 56.5 Å². The third kappa shape index (κ3) is 5.27. The molecule has 1 saturated heterocycles. The number of rotatable bonds is 7. The summed E-state index contributed by atoms with van der Waals surface area (Å²) in [6.07, 6.45) is 1.92. The minimum atomic E-state index is -4.11. The maximum atomic E-state index is 13.8. The first-order valence-corrected chi connectivity index (χ1v) is 15.0. The highest BCUT2D eigenvalue weighted by Gasteiger charge is 2.40. The molecule has 202 valence electrons. The summed E-state index contributed by atoms with van der Waals surface area (Å²) in [7, 11) is -2.82. The van der Waals surface area contributed by atoms with Crippen LogP contribution in [-0.4, -0.2) is 62.5 Å². The smallest absolute Gasteiger partial charge is 0.328 e. The second kappa shape index (κ2) is 10.3. The average molecular weight is 557 g/mol. The molecule has 1 amide bonds. The van der Waals surface area contributed by atoms with Gasteiger partial charge in [0, 0.05) is 19.5 Å². The van der Waals surface area contributed by atoms with Crippen molar-refractivity contribution >= 4 is 49.1 Å². The molecule has 9 nitrogen and oxygen atoms in total. The van der Waals surface area contributed by atoms with E-state index in [9.17, 15) is 18.0 Å². The maximum absolute atomic E-state index is 13.8. The summed E-state index contributed by atoms with van der Waals surface area (Å²) in [6.45, 7) is 5.24. The van der Waals surface area contributed by atoms with Crippen LogP contribution in [0.25, 0.3) is 10.2 Å². The highest BCUT2D eigenvalue weighted by Crippen LogP contribution is 2.36. The van der Waals surface area contributed by atoms with E-state index < -0.39 is 34.0 Å². The number of sulfonamides is 1. The lowest BCUT2D eigenvalue weighted by Crippen LogP contribution is -2.52. The van der Waals surface area contributed by atoms with Gasteiger partial charge in [0.1, 0.15) is 17.0 Å². The maximum Gasteiger partial charge on any atom is 0.328 e.